The van der Waals surface area contributed by atoms with Gasteiger partial charge in [-0.1, -0.05) is 0 Å². The van der Waals surface area contributed by atoms with Crippen molar-refractivity contribution in [2.75, 3.05) is 0 Å². The molecule has 2 aromatic heterocycles. The standard InChI is InChI=1S/C8H5N3O3/c12-8(13)6-2-4-1-5(11-14)3-9-7(4)10-6/h1-3H,(H,9,10)(H,12,13). The second kappa shape index (κ2) is 2.91. The van der Waals surface area contributed by atoms with E-state index in [-0.39, 0.29) is 11.4 Å². The van der Waals surface area contributed by atoms with Crippen LogP contribution in [0.3, 0.4) is 0 Å². The summed E-state index contributed by atoms with van der Waals surface area (Å²) in [7, 11) is 0. The van der Waals surface area contributed by atoms with E-state index in [1.54, 1.807) is 0 Å². The molecule has 70 valence electrons. The van der Waals surface area contributed by atoms with Crippen LogP contribution >= 0.6 is 0 Å². The van der Waals surface area contributed by atoms with Crippen molar-refractivity contribution in [1.82, 2.24) is 9.97 Å². The van der Waals surface area contributed by atoms with Crippen LogP contribution in [-0.4, -0.2) is 21.0 Å². The zero-order valence-electron chi connectivity index (χ0n) is 6.89. The topological polar surface area (TPSA) is 95.4 Å². The molecule has 0 radical (unpaired) electrons. The number of nitroso groups, excluding NO2 is 1. The molecule has 0 fully saturated rings. The van der Waals surface area contributed by atoms with E-state index in [1.165, 1.54) is 18.3 Å². The molecule has 0 spiro atoms. The molecule has 0 aromatic carbocycles. The first-order chi connectivity index (χ1) is 6.70. The Labute approximate surface area is 77.6 Å². The number of aromatic carboxylic acids is 1. The van der Waals surface area contributed by atoms with Gasteiger partial charge in [0.2, 0.25) is 0 Å². The molecule has 0 unspecified atom stereocenters. The Kier molecular flexibility index (Phi) is 1.74. The van der Waals surface area contributed by atoms with Crippen LogP contribution in [0.25, 0.3) is 11.0 Å². The fourth-order valence-corrected chi connectivity index (χ4v) is 1.17. The van der Waals surface area contributed by atoms with Crippen molar-refractivity contribution in [2.45, 2.75) is 0 Å². The van der Waals surface area contributed by atoms with Crippen LogP contribution in [0.1, 0.15) is 10.5 Å². The lowest BCUT2D eigenvalue weighted by Gasteiger charge is -1.87. The van der Waals surface area contributed by atoms with E-state index in [0.717, 1.165) is 0 Å². The fraction of sp³-hybridized carbons (Fsp3) is 0. The van der Waals surface area contributed by atoms with Crippen LogP contribution in [0.2, 0.25) is 0 Å². The minimum absolute atomic E-state index is 0.0375. The normalized spacial score (nSPS) is 10.3. The van der Waals surface area contributed by atoms with Crippen molar-refractivity contribution >= 4 is 22.7 Å². The van der Waals surface area contributed by atoms with E-state index >= 15 is 0 Å². The summed E-state index contributed by atoms with van der Waals surface area (Å²) in [5.74, 6) is -1.07. The van der Waals surface area contributed by atoms with Gasteiger partial charge in [0.15, 0.2) is 0 Å². The van der Waals surface area contributed by atoms with Gasteiger partial charge >= 0.3 is 5.97 Å². The summed E-state index contributed by atoms with van der Waals surface area (Å²) < 4.78 is 0. The third-order valence-corrected chi connectivity index (χ3v) is 1.79. The molecule has 0 aliphatic carbocycles. The number of nitrogens with one attached hydrogen (secondary N) is 1. The van der Waals surface area contributed by atoms with E-state index in [2.05, 4.69) is 15.1 Å². The molecule has 6 heteroatoms. The van der Waals surface area contributed by atoms with Gasteiger partial charge in [-0.3, -0.25) is 0 Å². The second-order valence-electron chi connectivity index (χ2n) is 2.71. The number of rotatable bonds is 2. The first-order valence-electron chi connectivity index (χ1n) is 3.76. The Hall–Kier alpha value is -2.24. The van der Waals surface area contributed by atoms with Gasteiger partial charge in [-0.15, -0.1) is 4.91 Å². The van der Waals surface area contributed by atoms with Crippen molar-refractivity contribution < 1.29 is 9.90 Å². The van der Waals surface area contributed by atoms with E-state index in [0.29, 0.717) is 11.0 Å². The molecule has 0 atom stereocenters. The fourth-order valence-electron chi connectivity index (χ4n) is 1.17. The van der Waals surface area contributed by atoms with Crippen molar-refractivity contribution in [3.8, 4) is 0 Å². The van der Waals surface area contributed by atoms with Gasteiger partial charge in [-0.05, 0) is 17.3 Å². The molecular formula is C8H5N3O3. The molecule has 0 saturated heterocycles. The molecule has 0 bridgehead atoms. The highest BCUT2D eigenvalue weighted by Crippen LogP contribution is 2.19. The number of carboxylic acids is 1. The van der Waals surface area contributed by atoms with Crippen LogP contribution in [0.5, 0.6) is 0 Å². The van der Waals surface area contributed by atoms with Crippen LogP contribution < -0.4 is 0 Å². The molecule has 0 aliphatic rings. The van der Waals surface area contributed by atoms with Gasteiger partial charge in [-0.25, -0.2) is 9.78 Å². The first kappa shape index (κ1) is 8.36. The number of carbonyl (C=O) groups is 1. The van der Waals surface area contributed by atoms with Crippen molar-refractivity contribution in [2.24, 2.45) is 5.18 Å². The van der Waals surface area contributed by atoms with Crippen LogP contribution in [0.15, 0.2) is 23.5 Å². The van der Waals surface area contributed by atoms with Crippen LogP contribution in [0.4, 0.5) is 5.69 Å². The summed E-state index contributed by atoms with van der Waals surface area (Å²) in [6.45, 7) is 0. The minimum Gasteiger partial charge on any atom is -0.477 e. The van der Waals surface area contributed by atoms with Crippen molar-refractivity contribution in [3.05, 3.63) is 28.9 Å². The predicted octanol–water partition coefficient (Wildman–Crippen LogP) is 1.66. The van der Waals surface area contributed by atoms with Gasteiger partial charge in [0, 0.05) is 5.39 Å². The maximum absolute atomic E-state index is 10.6. The molecule has 14 heavy (non-hydrogen) atoms. The molecule has 2 N–H and O–H groups in total. The largest absolute Gasteiger partial charge is 0.477 e. The predicted molar refractivity (Wildman–Crippen MR) is 48.5 cm³/mol. The molecule has 0 saturated carbocycles. The Bertz CT molecular complexity index is 518. The Morgan fingerprint density at radius 1 is 1.50 bits per heavy atom. The van der Waals surface area contributed by atoms with Gasteiger partial charge < -0.3 is 10.1 Å². The number of nitrogens with zero attached hydrogens (tertiary/aromatic N) is 2. The smallest absolute Gasteiger partial charge is 0.352 e. The second-order valence-corrected chi connectivity index (χ2v) is 2.71. The number of fused-ring (bicyclic) bond motifs is 1. The summed E-state index contributed by atoms with van der Waals surface area (Å²) in [6.07, 6.45) is 1.28. The van der Waals surface area contributed by atoms with E-state index < -0.39 is 5.97 Å². The summed E-state index contributed by atoms with van der Waals surface area (Å²) in [5, 5.41) is 11.9. The quantitative estimate of drug-likeness (QED) is 0.705. The highest BCUT2D eigenvalue weighted by atomic mass is 16.4. The number of aromatic amines is 1. The van der Waals surface area contributed by atoms with Crippen LogP contribution in [0, 0.1) is 4.91 Å². The number of H-pyrrole nitrogens is 1. The van der Waals surface area contributed by atoms with Gasteiger partial charge in [0.25, 0.3) is 0 Å². The lowest BCUT2D eigenvalue weighted by atomic mass is 10.3. The molecule has 2 heterocycles. The third-order valence-electron chi connectivity index (χ3n) is 1.79. The average Bonchev–Trinajstić information content (AvgIpc) is 2.59. The Morgan fingerprint density at radius 2 is 2.29 bits per heavy atom. The Morgan fingerprint density at radius 3 is 2.93 bits per heavy atom. The van der Waals surface area contributed by atoms with Gasteiger partial charge in [0.1, 0.15) is 17.0 Å². The third kappa shape index (κ3) is 1.22. The summed E-state index contributed by atoms with van der Waals surface area (Å²) in [4.78, 5) is 27.2. The number of hydrogen-bond acceptors (Lipinski definition) is 4. The lowest BCUT2D eigenvalue weighted by Crippen LogP contribution is -1.94. The average molecular weight is 191 g/mol. The first-order valence-corrected chi connectivity index (χ1v) is 3.76. The zero-order chi connectivity index (χ0) is 10.1. The van der Waals surface area contributed by atoms with E-state index in [9.17, 15) is 9.70 Å². The molecule has 6 nitrogen and oxygen atoms in total. The zero-order valence-corrected chi connectivity index (χ0v) is 6.89. The summed E-state index contributed by atoms with van der Waals surface area (Å²) in [5.41, 5.74) is 0.638. The molecule has 0 aliphatic heterocycles. The van der Waals surface area contributed by atoms with Gasteiger partial charge in [0.05, 0.1) is 6.20 Å². The molecular weight excluding hydrogens is 186 g/mol. The monoisotopic (exact) mass is 191 g/mol. The van der Waals surface area contributed by atoms with Crippen molar-refractivity contribution in [3.63, 3.8) is 0 Å². The summed E-state index contributed by atoms with van der Waals surface area (Å²) in [6, 6.07) is 2.87. The molecule has 2 rings (SSSR count). The lowest BCUT2D eigenvalue weighted by molar-refractivity contribution is 0.0691. The molecule has 0 amide bonds. The number of hydrogen-bond donors (Lipinski definition) is 2. The maximum Gasteiger partial charge on any atom is 0.352 e. The van der Waals surface area contributed by atoms with Crippen LogP contribution in [-0.2, 0) is 0 Å². The number of carboxylic acid groups (broad SMARTS) is 1. The molecule has 2 aromatic rings. The van der Waals surface area contributed by atoms with Gasteiger partial charge in [-0.2, -0.15) is 0 Å². The highest BCUT2D eigenvalue weighted by molar-refractivity contribution is 5.93. The van der Waals surface area contributed by atoms with E-state index in [4.69, 9.17) is 5.11 Å². The SMILES string of the molecule is O=Nc1cnc2[nH]c(C(=O)O)cc2c1. The maximum atomic E-state index is 10.6. The summed E-state index contributed by atoms with van der Waals surface area (Å²) >= 11 is 0. The van der Waals surface area contributed by atoms with Crippen molar-refractivity contribution in [1.29, 1.82) is 0 Å². The highest BCUT2D eigenvalue weighted by Gasteiger charge is 2.08. The van der Waals surface area contributed by atoms with E-state index in [1.807, 2.05) is 0 Å². The Balaban J connectivity index is 2.65. The number of aromatic nitrogens is 2. The minimum atomic E-state index is -1.07. The number of pyridine rings is 1.